The Morgan fingerprint density at radius 3 is 3.06 bits per heavy atom. The summed E-state index contributed by atoms with van der Waals surface area (Å²) in [4.78, 5) is 15.5. The summed E-state index contributed by atoms with van der Waals surface area (Å²) < 4.78 is 4.83. The standard InChI is InChI=1S/C11H20N2O2S/c1-4-15-10(14)7-13-11-12-6-9(16-11)5-8(2)3/h8-9H,4-7H2,1-3H3,(H,12,13). The first-order chi connectivity index (χ1) is 7.61. The number of carbonyl (C=O) groups excluding carboxylic acids is 1. The molecule has 1 unspecified atom stereocenters. The van der Waals surface area contributed by atoms with E-state index in [4.69, 9.17) is 4.74 Å². The van der Waals surface area contributed by atoms with Crippen molar-refractivity contribution in [3.05, 3.63) is 0 Å². The molecule has 4 nitrogen and oxygen atoms in total. The number of hydrogen-bond donors (Lipinski definition) is 1. The molecule has 0 aromatic carbocycles. The lowest BCUT2D eigenvalue weighted by atomic mass is 10.1. The van der Waals surface area contributed by atoms with E-state index in [0.717, 1.165) is 11.7 Å². The van der Waals surface area contributed by atoms with Crippen LogP contribution in [0.2, 0.25) is 0 Å². The van der Waals surface area contributed by atoms with E-state index in [0.29, 0.717) is 17.8 Å². The number of nitrogens with zero attached hydrogens (tertiary/aromatic N) is 1. The summed E-state index contributed by atoms with van der Waals surface area (Å²) in [7, 11) is 0. The number of rotatable bonds is 5. The highest BCUT2D eigenvalue weighted by Crippen LogP contribution is 2.25. The SMILES string of the molecule is CCOC(=O)CNC1=NCC(CC(C)C)S1. The number of thioether (sulfide) groups is 1. The van der Waals surface area contributed by atoms with Crippen molar-refractivity contribution in [2.45, 2.75) is 32.4 Å². The first-order valence-electron chi connectivity index (χ1n) is 5.72. The van der Waals surface area contributed by atoms with Gasteiger partial charge in [-0.25, -0.2) is 0 Å². The second-order valence-corrected chi connectivity index (χ2v) is 5.46. The van der Waals surface area contributed by atoms with Crippen molar-refractivity contribution in [2.75, 3.05) is 19.7 Å². The molecule has 1 rings (SSSR count). The maximum atomic E-state index is 11.1. The normalized spacial score (nSPS) is 19.8. The summed E-state index contributed by atoms with van der Waals surface area (Å²) in [6.07, 6.45) is 1.17. The summed E-state index contributed by atoms with van der Waals surface area (Å²) in [5, 5.41) is 4.44. The Kier molecular flexibility index (Phi) is 5.66. The molecule has 0 radical (unpaired) electrons. The van der Waals surface area contributed by atoms with Crippen molar-refractivity contribution in [2.24, 2.45) is 10.9 Å². The van der Waals surface area contributed by atoms with Gasteiger partial charge in [-0.05, 0) is 19.3 Å². The third-order valence-corrected chi connectivity index (χ3v) is 3.31. The van der Waals surface area contributed by atoms with Crippen molar-refractivity contribution in [3.8, 4) is 0 Å². The minimum absolute atomic E-state index is 0.216. The second kappa shape index (κ2) is 6.78. The average molecular weight is 244 g/mol. The summed E-state index contributed by atoms with van der Waals surface area (Å²) in [6, 6.07) is 0. The molecule has 0 aromatic heterocycles. The zero-order chi connectivity index (χ0) is 12.0. The predicted octanol–water partition coefficient (Wildman–Crippen LogP) is 1.66. The van der Waals surface area contributed by atoms with Crippen molar-refractivity contribution in [3.63, 3.8) is 0 Å². The van der Waals surface area contributed by atoms with Gasteiger partial charge >= 0.3 is 5.97 Å². The van der Waals surface area contributed by atoms with Crippen LogP contribution in [0.4, 0.5) is 0 Å². The molecule has 1 aliphatic heterocycles. The Balaban J connectivity index is 2.18. The zero-order valence-electron chi connectivity index (χ0n) is 10.2. The van der Waals surface area contributed by atoms with Gasteiger partial charge in [-0.15, -0.1) is 0 Å². The number of carbonyl (C=O) groups is 1. The van der Waals surface area contributed by atoms with Crippen LogP contribution in [0.15, 0.2) is 4.99 Å². The second-order valence-electron chi connectivity index (χ2n) is 4.17. The van der Waals surface area contributed by atoms with E-state index < -0.39 is 0 Å². The molecular formula is C11H20N2O2S. The molecular weight excluding hydrogens is 224 g/mol. The lowest BCUT2D eigenvalue weighted by Gasteiger charge is -2.10. The van der Waals surface area contributed by atoms with E-state index in [2.05, 4.69) is 24.2 Å². The van der Waals surface area contributed by atoms with Gasteiger partial charge in [0.25, 0.3) is 0 Å². The molecule has 5 heteroatoms. The van der Waals surface area contributed by atoms with Gasteiger partial charge in [0.2, 0.25) is 0 Å². The van der Waals surface area contributed by atoms with Crippen LogP contribution in [0.25, 0.3) is 0 Å². The maximum Gasteiger partial charge on any atom is 0.325 e. The Morgan fingerprint density at radius 2 is 2.44 bits per heavy atom. The fourth-order valence-electron chi connectivity index (χ4n) is 1.52. The molecule has 0 aromatic rings. The van der Waals surface area contributed by atoms with Crippen LogP contribution in [0.5, 0.6) is 0 Å². The number of aliphatic imine (C=N–C) groups is 1. The topological polar surface area (TPSA) is 50.7 Å². The highest BCUT2D eigenvalue weighted by molar-refractivity contribution is 8.14. The Labute approximate surface area is 101 Å². The minimum Gasteiger partial charge on any atom is -0.465 e. The van der Waals surface area contributed by atoms with Gasteiger partial charge in [0.1, 0.15) is 6.54 Å². The van der Waals surface area contributed by atoms with Crippen LogP contribution < -0.4 is 5.32 Å². The van der Waals surface area contributed by atoms with E-state index in [1.54, 1.807) is 18.7 Å². The quantitative estimate of drug-likeness (QED) is 0.747. The fraction of sp³-hybridized carbons (Fsp3) is 0.818. The molecule has 1 heterocycles. The van der Waals surface area contributed by atoms with Gasteiger partial charge in [0.15, 0.2) is 5.17 Å². The van der Waals surface area contributed by atoms with Crippen molar-refractivity contribution in [1.29, 1.82) is 0 Å². The minimum atomic E-state index is -0.224. The number of ether oxygens (including phenoxy) is 1. The molecule has 0 amide bonds. The highest BCUT2D eigenvalue weighted by atomic mass is 32.2. The van der Waals surface area contributed by atoms with Crippen molar-refractivity contribution < 1.29 is 9.53 Å². The van der Waals surface area contributed by atoms with Crippen molar-refractivity contribution in [1.82, 2.24) is 5.32 Å². The number of amidine groups is 1. The molecule has 0 aliphatic carbocycles. The van der Waals surface area contributed by atoms with E-state index >= 15 is 0 Å². The van der Waals surface area contributed by atoms with Gasteiger partial charge in [-0.2, -0.15) is 0 Å². The van der Waals surface area contributed by atoms with Gasteiger partial charge in [0, 0.05) is 5.25 Å². The van der Waals surface area contributed by atoms with Crippen LogP contribution in [-0.4, -0.2) is 36.1 Å². The molecule has 0 spiro atoms. The smallest absolute Gasteiger partial charge is 0.325 e. The summed E-state index contributed by atoms with van der Waals surface area (Å²) in [6.45, 7) is 7.73. The molecule has 0 saturated heterocycles. The predicted molar refractivity (Wildman–Crippen MR) is 67.8 cm³/mol. The Hall–Kier alpha value is -0.710. The van der Waals surface area contributed by atoms with Gasteiger partial charge < -0.3 is 10.1 Å². The molecule has 16 heavy (non-hydrogen) atoms. The maximum absolute atomic E-state index is 11.1. The van der Waals surface area contributed by atoms with E-state index in [-0.39, 0.29) is 12.5 Å². The third kappa shape index (κ3) is 4.88. The third-order valence-electron chi connectivity index (χ3n) is 2.14. The van der Waals surface area contributed by atoms with Gasteiger partial charge in [-0.3, -0.25) is 9.79 Å². The van der Waals surface area contributed by atoms with Crippen LogP contribution in [0, 0.1) is 5.92 Å². The molecule has 1 atom stereocenters. The van der Waals surface area contributed by atoms with E-state index in [9.17, 15) is 4.79 Å². The first kappa shape index (κ1) is 13.4. The Bertz CT molecular complexity index is 267. The van der Waals surface area contributed by atoms with Crippen LogP contribution in [0.3, 0.4) is 0 Å². The molecule has 0 saturated carbocycles. The number of nitrogens with one attached hydrogen (secondary N) is 1. The zero-order valence-corrected chi connectivity index (χ0v) is 11.0. The molecule has 0 bridgehead atoms. The molecule has 92 valence electrons. The molecule has 0 fully saturated rings. The average Bonchev–Trinajstić information content (AvgIpc) is 2.62. The van der Waals surface area contributed by atoms with E-state index in [1.165, 1.54) is 6.42 Å². The molecule has 1 N–H and O–H groups in total. The van der Waals surface area contributed by atoms with Crippen LogP contribution in [-0.2, 0) is 9.53 Å². The van der Waals surface area contributed by atoms with E-state index in [1.807, 2.05) is 0 Å². The molecule has 1 aliphatic rings. The summed E-state index contributed by atoms with van der Waals surface area (Å²) >= 11 is 1.73. The number of esters is 1. The number of hydrogen-bond acceptors (Lipinski definition) is 5. The Morgan fingerprint density at radius 1 is 1.69 bits per heavy atom. The summed E-state index contributed by atoms with van der Waals surface area (Å²) in [5.74, 6) is 0.468. The lowest BCUT2D eigenvalue weighted by Crippen LogP contribution is -2.28. The first-order valence-corrected chi connectivity index (χ1v) is 6.60. The van der Waals surface area contributed by atoms with Crippen LogP contribution >= 0.6 is 11.8 Å². The van der Waals surface area contributed by atoms with Crippen LogP contribution in [0.1, 0.15) is 27.2 Å². The largest absolute Gasteiger partial charge is 0.465 e. The fourth-order valence-corrected chi connectivity index (χ4v) is 2.77. The monoisotopic (exact) mass is 244 g/mol. The lowest BCUT2D eigenvalue weighted by molar-refractivity contribution is -0.141. The van der Waals surface area contributed by atoms with Gasteiger partial charge in [0.05, 0.1) is 13.2 Å². The summed E-state index contributed by atoms with van der Waals surface area (Å²) in [5.41, 5.74) is 0. The van der Waals surface area contributed by atoms with Crippen molar-refractivity contribution >= 4 is 22.9 Å². The van der Waals surface area contributed by atoms with Gasteiger partial charge in [-0.1, -0.05) is 25.6 Å². The highest BCUT2D eigenvalue weighted by Gasteiger charge is 2.20.